The normalized spacial score (nSPS) is 12.1. The Kier molecular flexibility index (Phi) is 9.82. The van der Waals surface area contributed by atoms with Crippen LogP contribution >= 0.6 is 0 Å². The van der Waals surface area contributed by atoms with E-state index in [1.807, 2.05) is 0 Å². The van der Waals surface area contributed by atoms with Gasteiger partial charge in [0.1, 0.15) is 5.78 Å². The fraction of sp³-hybridized carbons (Fsp3) is 0.552. The molecule has 1 heteroatoms. The second kappa shape index (κ2) is 12.1. The topological polar surface area (TPSA) is 17.1 Å². The van der Waals surface area contributed by atoms with Gasteiger partial charge in [-0.15, -0.1) is 0 Å². The van der Waals surface area contributed by atoms with Crippen molar-refractivity contribution in [2.24, 2.45) is 10.8 Å². The van der Waals surface area contributed by atoms with Crippen LogP contribution in [0.4, 0.5) is 0 Å². The first kappa shape index (κ1) is 24.4. The predicted octanol–water partition coefficient (Wildman–Crippen LogP) is 8.21. The van der Waals surface area contributed by atoms with Gasteiger partial charge in [0.2, 0.25) is 0 Å². The number of hydrogen-bond donors (Lipinski definition) is 0. The number of Topliss-reactive ketones (excluding diaryl/α,β-unsaturated/α-hetero) is 1. The van der Waals surface area contributed by atoms with Crippen molar-refractivity contribution in [2.45, 2.75) is 91.9 Å². The summed E-state index contributed by atoms with van der Waals surface area (Å²) >= 11 is 0. The van der Waals surface area contributed by atoms with Gasteiger partial charge in [-0.3, -0.25) is 4.79 Å². The Balaban J connectivity index is 1.55. The van der Waals surface area contributed by atoms with Crippen LogP contribution in [0, 0.1) is 10.8 Å². The second-order valence-corrected chi connectivity index (χ2v) is 10.6. The third-order valence-electron chi connectivity index (χ3n) is 6.17. The first-order valence-corrected chi connectivity index (χ1v) is 11.9. The first-order valence-electron chi connectivity index (χ1n) is 11.9. The molecule has 0 heterocycles. The molecule has 164 valence electrons. The van der Waals surface area contributed by atoms with Gasteiger partial charge in [-0.2, -0.15) is 0 Å². The number of carbonyl (C=O) groups excluding carboxylic acids is 1. The largest absolute Gasteiger partial charge is 0.300 e. The smallest absolute Gasteiger partial charge is 0.132 e. The summed E-state index contributed by atoms with van der Waals surface area (Å²) in [4.78, 5) is 12.3. The molecular formula is C29H42O. The number of ketones is 1. The van der Waals surface area contributed by atoms with E-state index >= 15 is 0 Å². The Bertz CT molecular complexity index is 664. The van der Waals surface area contributed by atoms with Crippen molar-refractivity contribution in [3.8, 4) is 0 Å². The SMILES string of the molecule is CC(C)(CCCCC(=O)CCCCC(C)(C)Cc1ccccc1)Cc1ccccc1. The molecule has 2 rings (SSSR count). The zero-order valence-corrected chi connectivity index (χ0v) is 19.8. The number of benzene rings is 2. The lowest BCUT2D eigenvalue weighted by Crippen LogP contribution is -2.15. The van der Waals surface area contributed by atoms with Crippen molar-refractivity contribution in [1.82, 2.24) is 0 Å². The van der Waals surface area contributed by atoms with Crippen LogP contribution in [0.5, 0.6) is 0 Å². The van der Waals surface area contributed by atoms with Crippen LogP contribution in [0.3, 0.4) is 0 Å². The molecular weight excluding hydrogens is 364 g/mol. The maximum atomic E-state index is 12.3. The van der Waals surface area contributed by atoms with Gasteiger partial charge in [0.25, 0.3) is 0 Å². The maximum absolute atomic E-state index is 12.3. The summed E-state index contributed by atoms with van der Waals surface area (Å²) in [5.41, 5.74) is 3.42. The molecule has 0 amide bonds. The summed E-state index contributed by atoms with van der Waals surface area (Å²) in [6.07, 6.45) is 10.5. The van der Waals surface area contributed by atoms with Gasteiger partial charge in [0.05, 0.1) is 0 Å². The van der Waals surface area contributed by atoms with E-state index in [1.54, 1.807) is 0 Å². The van der Waals surface area contributed by atoms with Crippen LogP contribution in [0.2, 0.25) is 0 Å². The molecule has 0 bridgehead atoms. The molecule has 2 aromatic carbocycles. The summed E-state index contributed by atoms with van der Waals surface area (Å²) in [5, 5.41) is 0. The minimum Gasteiger partial charge on any atom is -0.300 e. The average Bonchev–Trinajstić information content (AvgIpc) is 2.69. The van der Waals surface area contributed by atoms with E-state index in [-0.39, 0.29) is 0 Å². The van der Waals surface area contributed by atoms with Crippen LogP contribution in [0.25, 0.3) is 0 Å². The Morgan fingerprint density at radius 1 is 0.600 bits per heavy atom. The Labute approximate surface area is 185 Å². The van der Waals surface area contributed by atoms with Gasteiger partial charge in [0.15, 0.2) is 0 Å². The van der Waals surface area contributed by atoms with E-state index in [1.165, 1.54) is 24.0 Å². The number of carbonyl (C=O) groups is 1. The molecule has 30 heavy (non-hydrogen) atoms. The van der Waals surface area contributed by atoms with Crippen LogP contribution < -0.4 is 0 Å². The predicted molar refractivity (Wildman–Crippen MR) is 130 cm³/mol. The van der Waals surface area contributed by atoms with E-state index in [2.05, 4.69) is 88.4 Å². The average molecular weight is 407 g/mol. The molecule has 0 unspecified atom stereocenters. The highest BCUT2D eigenvalue weighted by molar-refractivity contribution is 5.78. The van der Waals surface area contributed by atoms with Crippen molar-refractivity contribution >= 4 is 5.78 Å². The molecule has 0 fully saturated rings. The Morgan fingerprint density at radius 2 is 0.967 bits per heavy atom. The van der Waals surface area contributed by atoms with Crippen molar-refractivity contribution in [2.75, 3.05) is 0 Å². The maximum Gasteiger partial charge on any atom is 0.132 e. The standard InChI is InChI=1S/C29H42O/c1-28(2,23-25-15-7-5-8-16-25)21-13-11-19-27(30)20-12-14-22-29(3,4)24-26-17-9-6-10-18-26/h5-10,15-18H,11-14,19-24H2,1-4H3. The highest BCUT2D eigenvalue weighted by Gasteiger charge is 2.19. The van der Waals surface area contributed by atoms with Crippen molar-refractivity contribution in [3.63, 3.8) is 0 Å². The lowest BCUT2D eigenvalue weighted by Gasteiger charge is -2.25. The lowest BCUT2D eigenvalue weighted by molar-refractivity contribution is -0.119. The fourth-order valence-corrected chi connectivity index (χ4v) is 4.45. The van der Waals surface area contributed by atoms with Gasteiger partial charge in [-0.25, -0.2) is 0 Å². The molecule has 2 aromatic rings. The van der Waals surface area contributed by atoms with Crippen molar-refractivity contribution < 1.29 is 4.79 Å². The van der Waals surface area contributed by atoms with Gasteiger partial charge >= 0.3 is 0 Å². The zero-order chi connectivity index (χ0) is 21.9. The van der Waals surface area contributed by atoms with Gasteiger partial charge < -0.3 is 0 Å². The summed E-state index contributed by atoms with van der Waals surface area (Å²) in [7, 11) is 0. The highest BCUT2D eigenvalue weighted by Crippen LogP contribution is 2.30. The molecule has 0 aliphatic rings. The van der Waals surface area contributed by atoms with Crippen molar-refractivity contribution in [1.29, 1.82) is 0 Å². The van der Waals surface area contributed by atoms with E-state index in [0.717, 1.165) is 51.4 Å². The van der Waals surface area contributed by atoms with Gasteiger partial charge in [0, 0.05) is 12.8 Å². The van der Waals surface area contributed by atoms with E-state index in [9.17, 15) is 4.79 Å². The monoisotopic (exact) mass is 406 g/mol. The molecule has 0 saturated carbocycles. The molecule has 0 aromatic heterocycles. The quantitative estimate of drug-likeness (QED) is 0.289. The molecule has 0 N–H and O–H groups in total. The fourth-order valence-electron chi connectivity index (χ4n) is 4.45. The second-order valence-electron chi connectivity index (χ2n) is 10.6. The summed E-state index contributed by atoms with van der Waals surface area (Å²) < 4.78 is 0. The van der Waals surface area contributed by atoms with Crippen LogP contribution in [-0.2, 0) is 17.6 Å². The summed E-state index contributed by atoms with van der Waals surface area (Å²) in [5.74, 6) is 0.455. The highest BCUT2D eigenvalue weighted by atomic mass is 16.1. The van der Waals surface area contributed by atoms with Crippen LogP contribution in [0.1, 0.15) is 90.2 Å². The van der Waals surface area contributed by atoms with E-state index < -0.39 is 0 Å². The molecule has 0 aliphatic heterocycles. The Hall–Kier alpha value is -1.89. The molecule has 1 nitrogen and oxygen atoms in total. The molecule has 0 atom stereocenters. The molecule has 0 saturated heterocycles. The number of unbranched alkanes of at least 4 members (excludes halogenated alkanes) is 2. The number of rotatable bonds is 14. The van der Waals surface area contributed by atoms with Crippen molar-refractivity contribution in [3.05, 3.63) is 71.8 Å². The van der Waals surface area contributed by atoms with Gasteiger partial charge in [-0.1, -0.05) is 101 Å². The van der Waals surface area contributed by atoms with E-state index in [0.29, 0.717) is 16.6 Å². The lowest BCUT2D eigenvalue weighted by atomic mass is 9.80. The molecule has 0 radical (unpaired) electrons. The van der Waals surface area contributed by atoms with Crippen LogP contribution in [-0.4, -0.2) is 5.78 Å². The third kappa shape index (κ3) is 10.2. The zero-order valence-electron chi connectivity index (χ0n) is 19.8. The minimum atomic E-state index is 0.300. The number of hydrogen-bond acceptors (Lipinski definition) is 1. The molecule has 0 spiro atoms. The van der Waals surface area contributed by atoms with Crippen LogP contribution in [0.15, 0.2) is 60.7 Å². The minimum absolute atomic E-state index is 0.300. The third-order valence-corrected chi connectivity index (χ3v) is 6.17. The van der Waals surface area contributed by atoms with E-state index in [4.69, 9.17) is 0 Å². The first-order chi connectivity index (χ1) is 14.3. The summed E-state index contributed by atoms with van der Waals surface area (Å²) in [6.45, 7) is 9.38. The Morgan fingerprint density at radius 3 is 1.33 bits per heavy atom. The summed E-state index contributed by atoms with van der Waals surface area (Å²) in [6, 6.07) is 21.5. The molecule has 0 aliphatic carbocycles. The van der Waals surface area contributed by atoms with Gasteiger partial charge in [-0.05, 0) is 60.5 Å².